The number of amides is 1. The maximum atomic E-state index is 13.4. The van der Waals surface area contributed by atoms with E-state index >= 15 is 0 Å². The highest BCUT2D eigenvalue weighted by atomic mass is 35.5. The fourth-order valence-electron chi connectivity index (χ4n) is 4.10. The topological polar surface area (TPSA) is 79.2 Å². The molecule has 6 nitrogen and oxygen atoms in total. The molecule has 0 saturated carbocycles. The van der Waals surface area contributed by atoms with Crippen molar-refractivity contribution in [2.24, 2.45) is 4.99 Å². The monoisotopic (exact) mass is 504 g/mol. The number of fused-ring (bicyclic) bond motifs is 1. The zero-order valence-corrected chi connectivity index (χ0v) is 20.2. The SMILES string of the molecule is CC(O)=C(C(=O)OC(c1ccccc1)c1ccccc1)N1C(=O)C2N=C(c3ccc(Cl)cc3)SC21. The van der Waals surface area contributed by atoms with Gasteiger partial charge in [-0.05, 0) is 30.2 Å². The first-order chi connectivity index (χ1) is 16.9. The van der Waals surface area contributed by atoms with Crippen LogP contribution >= 0.6 is 23.4 Å². The van der Waals surface area contributed by atoms with Crippen LogP contribution in [-0.4, -0.2) is 38.3 Å². The molecule has 1 fully saturated rings. The van der Waals surface area contributed by atoms with Crippen LogP contribution < -0.4 is 0 Å². The minimum atomic E-state index is -0.782. The number of aliphatic imine (C=N–C) groups is 1. The number of likely N-dealkylation sites (tertiary alicyclic amines) is 1. The minimum Gasteiger partial charge on any atom is -0.510 e. The van der Waals surface area contributed by atoms with Gasteiger partial charge >= 0.3 is 5.97 Å². The molecule has 0 bridgehead atoms. The summed E-state index contributed by atoms with van der Waals surface area (Å²) in [6, 6.07) is 25.2. The van der Waals surface area contributed by atoms with Crippen LogP contribution in [0.2, 0.25) is 5.02 Å². The number of rotatable bonds is 6. The summed E-state index contributed by atoms with van der Waals surface area (Å²) < 4.78 is 5.91. The highest BCUT2D eigenvalue weighted by Gasteiger charge is 2.55. The molecular weight excluding hydrogens is 484 g/mol. The van der Waals surface area contributed by atoms with E-state index in [-0.39, 0.29) is 17.4 Å². The summed E-state index contributed by atoms with van der Waals surface area (Å²) in [4.78, 5) is 32.2. The molecule has 2 unspecified atom stereocenters. The first-order valence-electron chi connectivity index (χ1n) is 11.0. The Kier molecular flexibility index (Phi) is 6.36. The molecule has 3 aromatic carbocycles. The number of β-lactam (4-membered cyclic amide) rings is 1. The molecule has 8 heteroatoms. The number of benzene rings is 3. The van der Waals surface area contributed by atoms with E-state index in [9.17, 15) is 14.7 Å². The van der Waals surface area contributed by atoms with Crippen molar-refractivity contribution in [1.29, 1.82) is 0 Å². The van der Waals surface area contributed by atoms with Gasteiger partial charge in [0.2, 0.25) is 0 Å². The predicted molar refractivity (Wildman–Crippen MR) is 136 cm³/mol. The van der Waals surface area contributed by atoms with Crippen LogP contribution in [0.15, 0.2) is 101 Å². The molecule has 1 amide bonds. The Morgan fingerprint density at radius 3 is 2.11 bits per heavy atom. The molecule has 35 heavy (non-hydrogen) atoms. The molecule has 0 aliphatic carbocycles. The summed E-state index contributed by atoms with van der Waals surface area (Å²) in [6.07, 6.45) is -0.705. The fraction of sp³-hybridized carbons (Fsp3) is 0.148. The molecule has 5 rings (SSSR count). The number of aliphatic hydroxyl groups is 1. The van der Waals surface area contributed by atoms with Crippen molar-refractivity contribution in [2.75, 3.05) is 0 Å². The van der Waals surface area contributed by atoms with E-state index in [1.54, 1.807) is 12.1 Å². The van der Waals surface area contributed by atoms with Gasteiger partial charge in [-0.2, -0.15) is 0 Å². The number of esters is 1. The fourth-order valence-corrected chi connectivity index (χ4v) is 5.52. The van der Waals surface area contributed by atoms with Gasteiger partial charge in [-0.15, -0.1) is 0 Å². The van der Waals surface area contributed by atoms with E-state index in [1.165, 1.54) is 23.6 Å². The van der Waals surface area contributed by atoms with Crippen LogP contribution in [0.5, 0.6) is 0 Å². The molecule has 2 aliphatic rings. The Bertz CT molecular complexity index is 1280. The Hall–Kier alpha value is -3.55. The lowest BCUT2D eigenvalue weighted by molar-refractivity contribution is -0.153. The van der Waals surface area contributed by atoms with Crippen LogP contribution in [0.25, 0.3) is 0 Å². The maximum absolute atomic E-state index is 13.4. The molecule has 1 saturated heterocycles. The van der Waals surface area contributed by atoms with Crippen molar-refractivity contribution in [2.45, 2.75) is 24.4 Å². The zero-order valence-electron chi connectivity index (χ0n) is 18.7. The summed E-state index contributed by atoms with van der Waals surface area (Å²) in [5.74, 6) is -1.43. The number of ether oxygens (including phenoxy) is 1. The molecule has 1 N–H and O–H groups in total. The summed E-state index contributed by atoms with van der Waals surface area (Å²) in [5.41, 5.74) is 2.22. The summed E-state index contributed by atoms with van der Waals surface area (Å²) >= 11 is 7.35. The highest BCUT2D eigenvalue weighted by molar-refractivity contribution is 8.15. The van der Waals surface area contributed by atoms with Crippen LogP contribution in [0.4, 0.5) is 0 Å². The largest absolute Gasteiger partial charge is 0.510 e. The lowest BCUT2D eigenvalue weighted by Crippen LogP contribution is -2.61. The number of carbonyl (C=O) groups is 2. The summed E-state index contributed by atoms with van der Waals surface area (Å²) in [6.45, 7) is 1.37. The molecule has 2 heterocycles. The Morgan fingerprint density at radius 1 is 1.00 bits per heavy atom. The van der Waals surface area contributed by atoms with Gasteiger partial charge in [0.15, 0.2) is 17.8 Å². The molecule has 0 spiro atoms. The highest BCUT2D eigenvalue weighted by Crippen LogP contribution is 2.44. The number of hydrogen-bond donors (Lipinski definition) is 1. The van der Waals surface area contributed by atoms with Crippen molar-refractivity contribution in [1.82, 2.24) is 4.90 Å². The molecule has 0 aromatic heterocycles. The Labute approximate surface area is 211 Å². The Morgan fingerprint density at radius 2 is 1.57 bits per heavy atom. The van der Waals surface area contributed by atoms with Crippen molar-refractivity contribution in [3.8, 4) is 0 Å². The second kappa shape index (κ2) is 9.60. The number of nitrogens with zero attached hydrogens (tertiary/aromatic N) is 2. The summed E-state index contributed by atoms with van der Waals surface area (Å²) in [5, 5.41) is 11.3. The molecule has 2 atom stereocenters. The number of allylic oxidation sites excluding steroid dienone is 1. The van der Waals surface area contributed by atoms with Gasteiger partial charge in [-0.3, -0.25) is 14.7 Å². The van der Waals surface area contributed by atoms with E-state index in [1.807, 2.05) is 72.8 Å². The zero-order chi connectivity index (χ0) is 24.5. The van der Waals surface area contributed by atoms with Gasteiger partial charge in [0.1, 0.15) is 16.2 Å². The third-order valence-corrected chi connectivity index (χ3v) is 7.33. The third-order valence-electron chi connectivity index (χ3n) is 5.80. The van der Waals surface area contributed by atoms with Crippen molar-refractivity contribution < 1.29 is 19.4 Å². The summed E-state index contributed by atoms with van der Waals surface area (Å²) in [7, 11) is 0. The van der Waals surface area contributed by atoms with Crippen molar-refractivity contribution in [3.63, 3.8) is 0 Å². The molecular formula is C27H21ClN2O4S. The van der Waals surface area contributed by atoms with Crippen molar-refractivity contribution in [3.05, 3.63) is 118 Å². The van der Waals surface area contributed by atoms with Gasteiger partial charge < -0.3 is 9.84 Å². The second-order valence-corrected chi connectivity index (χ2v) is 9.69. The number of halogens is 1. The minimum absolute atomic E-state index is 0.173. The standard InChI is InChI=1S/C27H21ClN2O4S/c1-16(31)22(27(33)34-23(17-8-4-2-5-9-17)18-10-6-3-7-11-18)30-25(32)21-26(30)35-24(29-21)19-12-14-20(28)15-13-19/h2-15,21,23,26,31H,1H3. The smallest absolute Gasteiger partial charge is 0.359 e. The lowest BCUT2D eigenvalue weighted by Gasteiger charge is -2.41. The average molecular weight is 505 g/mol. The number of carbonyl (C=O) groups excluding carboxylic acids is 2. The van der Waals surface area contributed by atoms with Crippen LogP contribution in [0.3, 0.4) is 0 Å². The van der Waals surface area contributed by atoms with E-state index in [0.29, 0.717) is 10.1 Å². The van der Waals surface area contributed by atoms with Gasteiger partial charge in [-0.1, -0.05) is 96.2 Å². The van der Waals surface area contributed by atoms with Crippen LogP contribution in [0, 0.1) is 0 Å². The van der Waals surface area contributed by atoms with Crippen LogP contribution in [-0.2, 0) is 14.3 Å². The van der Waals surface area contributed by atoms with E-state index in [4.69, 9.17) is 16.3 Å². The molecule has 0 radical (unpaired) electrons. The van der Waals surface area contributed by atoms with E-state index in [0.717, 1.165) is 16.7 Å². The first-order valence-corrected chi connectivity index (χ1v) is 12.2. The second-order valence-electron chi connectivity index (χ2n) is 8.14. The van der Waals surface area contributed by atoms with Gasteiger partial charge in [0.05, 0.1) is 0 Å². The normalized spacial score (nSPS) is 19.6. The van der Waals surface area contributed by atoms with Crippen molar-refractivity contribution >= 4 is 40.3 Å². The maximum Gasteiger partial charge on any atom is 0.359 e. The van der Waals surface area contributed by atoms with E-state index in [2.05, 4.69) is 4.99 Å². The number of aliphatic hydroxyl groups excluding tert-OH is 1. The first kappa shape index (κ1) is 23.2. The molecule has 176 valence electrons. The number of hydrogen-bond acceptors (Lipinski definition) is 6. The predicted octanol–water partition coefficient (Wildman–Crippen LogP) is 5.49. The number of thioether (sulfide) groups is 1. The van der Waals surface area contributed by atoms with Crippen LogP contribution in [0.1, 0.15) is 29.7 Å². The Balaban J connectivity index is 1.39. The molecule has 2 aliphatic heterocycles. The molecule has 3 aromatic rings. The lowest BCUT2D eigenvalue weighted by atomic mass is 10.0. The van der Waals surface area contributed by atoms with Gasteiger partial charge in [-0.25, -0.2) is 4.79 Å². The van der Waals surface area contributed by atoms with Gasteiger partial charge in [0, 0.05) is 10.6 Å². The third kappa shape index (κ3) is 4.45. The van der Waals surface area contributed by atoms with Gasteiger partial charge in [0.25, 0.3) is 5.91 Å². The average Bonchev–Trinajstić information content (AvgIpc) is 3.27. The van der Waals surface area contributed by atoms with E-state index < -0.39 is 23.5 Å². The quantitative estimate of drug-likeness (QED) is 0.208.